The average Bonchev–Trinajstić information content (AvgIpc) is 2.88. The fourth-order valence-electron chi connectivity index (χ4n) is 2.71. The average molecular weight is 258 g/mol. The molecule has 3 nitrogen and oxygen atoms in total. The Morgan fingerprint density at radius 1 is 1.37 bits per heavy atom. The van der Waals surface area contributed by atoms with E-state index in [0.717, 1.165) is 26.1 Å². The quantitative estimate of drug-likeness (QED) is 0.883. The molecular weight excluding hydrogens is 236 g/mol. The van der Waals surface area contributed by atoms with Crippen LogP contribution < -0.4 is 5.32 Å². The maximum absolute atomic E-state index is 8.75. The molecule has 102 valence electrons. The van der Waals surface area contributed by atoms with Crippen molar-refractivity contribution < 1.29 is 4.74 Å². The molecule has 1 fully saturated rings. The van der Waals surface area contributed by atoms with Crippen LogP contribution >= 0.6 is 0 Å². The van der Waals surface area contributed by atoms with Gasteiger partial charge in [-0.15, -0.1) is 0 Å². The van der Waals surface area contributed by atoms with Crippen LogP contribution in [0.25, 0.3) is 0 Å². The van der Waals surface area contributed by atoms with Gasteiger partial charge in [-0.3, -0.25) is 0 Å². The van der Waals surface area contributed by atoms with Crippen molar-refractivity contribution in [1.82, 2.24) is 5.32 Å². The van der Waals surface area contributed by atoms with Crippen LogP contribution in [0.1, 0.15) is 31.4 Å². The molecule has 1 N–H and O–H groups in total. The molecule has 0 radical (unpaired) electrons. The summed E-state index contributed by atoms with van der Waals surface area (Å²) in [5.41, 5.74) is 1.94. The number of hydrogen-bond donors (Lipinski definition) is 1. The van der Waals surface area contributed by atoms with E-state index in [2.05, 4.69) is 25.2 Å². The Kier molecular flexibility index (Phi) is 4.95. The van der Waals surface area contributed by atoms with Crippen LogP contribution in [0, 0.1) is 23.2 Å². The summed E-state index contributed by atoms with van der Waals surface area (Å²) in [7, 11) is 0. The van der Waals surface area contributed by atoms with Gasteiger partial charge in [0, 0.05) is 19.7 Å². The van der Waals surface area contributed by atoms with Gasteiger partial charge >= 0.3 is 0 Å². The molecule has 1 heterocycles. The zero-order valence-electron chi connectivity index (χ0n) is 11.7. The largest absolute Gasteiger partial charge is 0.378 e. The first-order chi connectivity index (χ1) is 9.20. The second-order valence-corrected chi connectivity index (χ2v) is 5.57. The van der Waals surface area contributed by atoms with Gasteiger partial charge in [0.25, 0.3) is 0 Å². The lowest BCUT2D eigenvalue weighted by Crippen LogP contribution is -2.31. The predicted octanol–water partition coefficient (Wildman–Crippen LogP) is 2.71. The van der Waals surface area contributed by atoms with E-state index in [1.807, 2.05) is 24.3 Å². The lowest BCUT2D eigenvalue weighted by molar-refractivity contribution is 0.0539. The Bertz CT molecular complexity index is 433. The standard InChI is InChI=1S/C16H22N2O/c1-12(2)16-15(7-8-19-16)11-18-10-14-5-3-13(9-17)4-6-14/h3-6,12,15-16,18H,7-8,10-11H2,1-2H3/t15-,16-/m1/s1. The summed E-state index contributed by atoms with van der Waals surface area (Å²) >= 11 is 0. The van der Waals surface area contributed by atoms with Gasteiger partial charge in [0.05, 0.1) is 17.7 Å². The first-order valence-electron chi connectivity index (χ1n) is 7.02. The van der Waals surface area contributed by atoms with Gasteiger partial charge in [0.2, 0.25) is 0 Å². The van der Waals surface area contributed by atoms with Crippen LogP contribution in [0.4, 0.5) is 0 Å². The summed E-state index contributed by atoms with van der Waals surface area (Å²) in [5, 5.41) is 12.3. The van der Waals surface area contributed by atoms with Gasteiger partial charge in [0.1, 0.15) is 0 Å². The summed E-state index contributed by atoms with van der Waals surface area (Å²) < 4.78 is 5.78. The van der Waals surface area contributed by atoms with E-state index in [9.17, 15) is 0 Å². The maximum atomic E-state index is 8.75. The van der Waals surface area contributed by atoms with Crippen LogP contribution in [0.2, 0.25) is 0 Å². The Morgan fingerprint density at radius 2 is 2.11 bits per heavy atom. The van der Waals surface area contributed by atoms with E-state index in [-0.39, 0.29) is 0 Å². The number of nitriles is 1. The van der Waals surface area contributed by atoms with Gasteiger partial charge < -0.3 is 10.1 Å². The zero-order valence-corrected chi connectivity index (χ0v) is 11.7. The number of rotatable bonds is 5. The minimum Gasteiger partial charge on any atom is -0.378 e. The fourth-order valence-corrected chi connectivity index (χ4v) is 2.71. The third kappa shape index (κ3) is 3.79. The summed E-state index contributed by atoms with van der Waals surface area (Å²) in [6.07, 6.45) is 1.55. The normalized spacial score (nSPS) is 22.6. The van der Waals surface area contributed by atoms with Gasteiger partial charge in [-0.25, -0.2) is 0 Å². The predicted molar refractivity (Wildman–Crippen MR) is 75.5 cm³/mol. The molecule has 0 aliphatic carbocycles. The SMILES string of the molecule is CC(C)[C@H]1OCC[C@@H]1CNCc1ccc(C#N)cc1. The van der Waals surface area contributed by atoms with Crippen molar-refractivity contribution in [2.24, 2.45) is 11.8 Å². The molecule has 0 spiro atoms. The highest BCUT2D eigenvalue weighted by Crippen LogP contribution is 2.26. The molecule has 1 aliphatic heterocycles. The Balaban J connectivity index is 1.78. The molecule has 0 bridgehead atoms. The highest BCUT2D eigenvalue weighted by atomic mass is 16.5. The molecule has 0 amide bonds. The van der Waals surface area contributed by atoms with Crippen LogP contribution in [-0.2, 0) is 11.3 Å². The molecule has 0 aromatic heterocycles. The highest BCUT2D eigenvalue weighted by molar-refractivity contribution is 5.31. The molecule has 1 aromatic carbocycles. The number of hydrogen-bond acceptors (Lipinski definition) is 3. The van der Waals surface area contributed by atoms with Crippen molar-refractivity contribution in [3.8, 4) is 6.07 Å². The van der Waals surface area contributed by atoms with E-state index in [1.165, 1.54) is 5.56 Å². The first kappa shape index (κ1) is 14.0. The molecule has 1 aliphatic rings. The minimum atomic E-state index is 0.397. The summed E-state index contributed by atoms with van der Waals surface area (Å²) in [5.74, 6) is 1.21. The van der Waals surface area contributed by atoms with E-state index < -0.39 is 0 Å². The fraction of sp³-hybridized carbons (Fsp3) is 0.562. The summed E-state index contributed by atoms with van der Waals surface area (Å²) in [4.78, 5) is 0. The molecule has 0 saturated carbocycles. The molecule has 19 heavy (non-hydrogen) atoms. The summed E-state index contributed by atoms with van der Waals surface area (Å²) in [6, 6.07) is 9.89. The van der Waals surface area contributed by atoms with Gasteiger partial charge in [0.15, 0.2) is 0 Å². The molecule has 1 saturated heterocycles. The highest BCUT2D eigenvalue weighted by Gasteiger charge is 2.29. The van der Waals surface area contributed by atoms with Crippen molar-refractivity contribution in [2.45, 2.75) is 32.9 Å². The van der Waals surface area contributed by atoms with Crippen molar-refractivity contribution in [3.05, 3.63) is 35.4 Å². The number of nitrogens with zero attached hydrogens (tertiary/aromatic N) is 1. The van der Waals surface area contributed by atoms with Crippen LogP contribution in [-0.4, -0.2) is 19.3 Å². The van der Waals surface area contributed by atoms with Crippen molar-refractivity contribution in [3.63, 3.8) is 0 Å². The molecule has 0 unspecified atom stereocenters. The van der Waals surface area contributed by atoms with Crippen molar-refractivity contribution in [2.75, 3.05) is 13.2 Å². The van der Waals surface area contributed by atoms with Crippen LogP contribution in [0.3, 0.4) is 0 Å². The molecule has 3 heteroatoms. The maximum Gasteiger partial charge on any atom is 0.0991 e. The lowest BCUT2D eigenvalue weighted by atomic mass is 9.93. The van der Waals surface area contributed by atoms with E-state index in [4.69, 9.17) is 10.00 Å². The second kappa shape index (κ2) is 6.70. The Hall–Kier alpha value is -1.37. The monoisotopic (exact) mass is 258 g/mol. The van der Waals surface area contributed by atoms with Crippen LogP contribution in [0.5, 0.6) is 0 Å². The molecule has 2 atom stereocenters. The topological polar surface area (TPSA) is 45.0 Å². The van der Waals surface area contributed by atoms with Gasteiger partial charge in [-0.05, 0) is 36.0 Å². The summed E-state index contributed by atoms with van der Waals surface area (Å²) in [6.45, 7) is 7.20. The van der Waals surface area contributed by atoms with Gasteiger partial charge in [-0.1, -0.05) is 26.0 Å². The zero-order chi connectivity index (χ0) is 13.7. The Labute approximate surface area is 115 Å². The number of benzene rings is 1. The van der Waals surface area contributed by atoms with Gasteiger partial charge in [-0.2, -0.15) is 5.26 Å². The van der Waals surface area contributed by atoms with Crippen molar-refractivity contribution >= 4 is 0 Å². The molecular formula is C16H22N2O. The van der Waals surface area contributed by atoms with Crippen molar-refractivity contribution in [1.29, 1.82) is 5.26 Å². The van der Waals surface area contributed by atoms with Crippen LogP contribution in [0.15, 0.2) is 24.3 Å². The number of ether oxygens (including phenoxy) is 1. The van der Waals surface area contributed by atoms with E-state index >= 15 is 0 Å². The number of nitrogens with one attached hydrogen (secondary N) is 1. The molecule has 2 rings (SSSR count). The third-order valence-corrected chi connectivity index (χ3v) is 3.74. The third-order valence-electron chi connectivity index (χ3n) is 3.74. The second-order valence-electron chi connectivity index (χ2n) is 5.57. The minimum absolute atomic E-state index is 0.397. The van der Waals surface area contributed by atoms with E-state index in [0.29, 0.717) is 23.5 Å². The smallest absolute Gasteiger partial charge is 0.0991 e. The molecule has 1 aromatic rings. The Morgan fingerprint density at radius 3 is 2.74 bits per heavy atom. The first-order valence-corrected chi connectivity index (χ1v) is 7.02. The van der Waals surface area contributed by atoms with E-state index in [1.54, 1.807) is 0 Å². The lowest BCUT2D eigenvalue weighted by Gasteiger charge is -2.22.